The molecular formula is C24H56O10Si3. The lowest BCUT2D eigenvalue weighted by Crippen LogP contribution is -2.68. The van der Waals surface area contributed by atoms with Crippen molar-refractivity contribution in [1.29, 1.82) is 0 Å². The second-order valence-corrected chi connectivity index (χ2v) is 15.4. The van der Waals surface area contributed by atoms with Gasteiger partial charge in [0.25, 0.3) is 0 Å². The van der Waals surface area contributed by atoms with Crippen LogP contribution in [0.5, 0.6) is 0 Å². The predicted octanol–water partition coefficient (Wildman–Crippen LogP) is 5.74. The molecule has 0 amide bonds. The molecule has 10 nitrogen and oxygen atoms in total. The fraction of sp³-hybridized carbons (Fsp3) is 1.00. The Morgan fingerprint density at radius 1 is 0.270 bits per heavy atom. The van der Waals surface area contributed by atoms with Crippen molar-refractivity contribution in [3.63, 3.8) is 0 Å². The molecule has 13 heteroatoms. The molecule has 0 aromatic rings. The summed E-state index contributed by atoms with van der Waals surface area (Å²) in [6.45, 7) is 19.3. The highest BCUT2D eigenvalue weighted by atomic mass is 28.5. The Bertz CT molecular complexity index is 432. The monoisotopic (exact) mass is 588 g/mol. The van der Waals surface area contributed by atoms with Gasteiger partial charge in [0, 0.05) is 52.9 Å². The molecule has 0 bridgehead atoms. The van der Waals surface area contributed by atoms with E-state index in [4.69, 9.17) is 43.6 Å². The second kappa shape index (κ2) is 23.0. The van der Waals surface area contributed by atoms with Gasteiger partial charge in [0.1, 0.15) is 0 Å². The van der Waals surface area contributed by atoms with Crippen LogP contribution in [0.2, 0.25) is 0 Å². The maximum Gasteiger partial charge on any atom is 0.673 e. The van der Waals surface area contributed by atoms with E-state index in [1.54, 1.807) is 0 Å². The first-order valence-corrected chi connectivity index (χ1v) is 19.3. The molecule has 0 heterocycles. The topological polar surface area (TPSA) is 92.3 Å². The van der Waals surface area contributed by atoms with Crippen LogP contribution in [0.1, 0.15) is 107 Å². The maximum atomic E-state index is 6.67. The van der Waals surface area contributed by atoms with Gasteiger partial charge < -0.3 is 43.6 Å². The molecule has 224 valence electrons. The quantitative estimate of drug-likeness (QED) is 0.105. The highest BCUT2D eigenvalue weighted by Gasteiger charge is 2.66. The zero-order valence-corrected chi connectivity index (χ0v) is 27.9. The van der Waals surface area contributed by atoms with E-state index in [1.165, 1.54) is 0 Å². The fourth-order valence-electron chi connectivity index (χ4n) is 2.73. The normalized spacial score (nSPS) is 13.0. The molecule has 0 saturated carbocycles. The smallest absolute Gasteiger partial charge is 0.352 e. The first kappa shape index (κ1) is 37.3. The average Bonchev–Trinajstić information content (AvgIpc) is 2.92. The van der Waals surface area contributed by atoms with Gasteiger partial charge in [-0.3, -0.25) is 0 Å². The first-order chi connectivity index (χ1) is 17.9. The van der Waals surface area contributed by atoms with Crippen molar-refractivity contribution in [3.05, 3.63) is 0 Å². The summed E-state index contributed by atoms with van der Waals surface area (Å²) in [6.07, 6.45) is 6.04. The third-order valence-corrected chi connectivity index (χ3v) is 12.8. The summed E-state index contributed by atoms with van der Waals surface area (Å²) < 4.78 is 63.3. The maximum absolute atomic E-state index is 6.67. The van der Waals surface area contributed by atoms with E-state index >= 15 is 0 Å². The number of rotatable bonds is 28. The first-order valence-electron chi connectivity index (χ1n) is 14.4. The van der Waals surface area contributed by atoms with E-state index in [1.807, 2.05) is 55.4 Å². The molecule has 0 radical (unpaired) electrons. The van der Waals surface area contributed by atoms with Crippen molar-refractivity contribution >= 4 is 27.1 Å². The zero-order valence-electron chi connectivity index (χ0n) is 24.9. The third-order valence-electron chi connectivity index (χ3n) is 4.36. The summed E-state index contributed by atoms with van der Waals surface area (Å²) in [5.41, 5.74) is 0. The molecule has 0 aromatic carbocycles. The molecule has 0 rings (SSSR count). The third kappa shape index (κ3) is 15.6. The van der Waals surface area contributed by atoms with Gasteiger partial charge in [-0.15, -0.1) is 0 Å². The van der Waals surface area contributed by atoms with E-state index in [0.717, 1.165) is 51.4 Å². The molecule has 0 fully saturated rings. The lowest BCUT2D eigenvalue weighted by atomic mass is 10.5. The van der Waals surface area contributed by atoms with E-state index in [2.05, 4.69) is 0 Å². The standard InChI is InChI=1S/C24H56O10Si3/c1-9-17-25-35(26-18-10-2,27-19-11-3)33-37(31-23-15-7,32-24-16-8)34-36(28-20-12-4,29-21-13-5)30-22-14-6/h9-24H2,1-8H3. The van der Waals surface area contributed by atoms with Gasteiger partial charge >= 0.3 is 27.1 Å². The van der Waals surface area contributed by atoms with Crippen LogP contribution in [0.4, 0.5) is 0 Å². The summed E-state index contributed by atoms with van der Waals surface area (Å²) in [5.74, 6) is 0. The van der Waals surface area contributed by atoms with Crippen LogP contribution >= 0.6 is 0 Å². The summed E-state index contributed by atoms with van der Waals surface area (Å²) >= 11 is 0. The molecule has 0 spiro atoms. The van der Waals surface area contributed by atoms with Gasteiger partial charge in [0.2, 0.25) is 0 Å². The van der Waals surface area contributed by atoms with Crippen LogP contribution in [0.15, 0.2) is 0 Å². The van der Waals surface area contributed by atoms with E-state index in [-0.39, 0.29) is 0 Å². The van der Waals surface area contributed by atoms with Gasteiger partial charge in [-0.1, -0.05) is 55.4 Å². The van der Waals surface area contributed by atoms with Crippen molar-refractivity contribution in [2.45, 2.75) is 107 Å². The molecule has 0 atom stereocenters. The summed E-state index contributed by atoms with van der Waals surface area (Å²) in [5, 5.41) is 0. The largest absolute Gasteiger partial charge is 0.673 e. The van der Waals surface area contributed by atoms with Gasteiger partial charge in [-0.2, -0.15) is 0 Å². The van der Waals surface area contributed by atoms with Gasteiger partial charge in [0.05, 0.1) is 0 Å². The molecule has 0 aliphatic carbocycles. The van der Waals surface area contributed by atoms with Crippen molar-refractivity contribution in [3.8, 4) is 0 Å². The molecule has 0 aromatic heterocycles. The predicted molar refractivity (Wildman–Crippen MR) is 149 cm³/mol. The molecule has 37 heavy (non-hydrogen) atoms. The van der Waals surface area contributed by atoms with Crippen LogP contribution < -0.4 is 0 Å². The van der Waals surface area contributed by atoms with Crippen molar-refractivity contribution in [2.75, 3.05) is 52.9 Å². The molecule has 0 unspecified atom stereocenters. The minimum atomic E-state index is -4.03. The Labute approximate surface area is 230 Å². The van der Waals surface area contributed by atoms with E-state index < -0.39 is 27.1 Å². The lowest BCUT2D eigenvalue weighted by molar-refractivity contribution is -0.0825. The van der Waals surface area contributed by atoms with Gasteiger partial charge in [0.15, 0.2) is 0 Å². The number of hydrogen-bond donors (Lipinski definition) is 0. The van der Waals surface area contributed by atoms with E-state index in [0.29, 0.717) is 52.9 Å². The second-order valence-electron chi connectivity index (χ2n) is 8.49. The Balaban J connectivity index is 6.67. The molecule has 0 aliphatic rings. The Kier molecular flexibility index (Phi) is 23.2. The fourth-order valence-corrected chi connectivity index (χ4v) is 12.3. The summed E-state index contributed by atoms with van der Waals surface area (Å²) in [6, 6.07) is 0. The van der Waals surface area contributed by atoms with Gasteiger partial charge in [-0.25, -0.2) is 0 Å². The zero-order chi connectivity index (χ0) is 27.9. The summed E-state index contributed by atoms with van der Waals surface area (Å²) in [7, 11) is -11.5. The molecule has 0 N–H and O–H groups in total. The van der Waals surface area contributed by atoms with Crippen LogP contribution in [0.3, 0.4) is 0 Å². The Morgan fingerprint density at radius 2 is 0.432 bits per heavy atom. The average molecular weight is 589 g/mol. The summed E-state index contributed by atoms with van der Waals surface area (Å²) in [4.78, 5) is 0. The van der Waals surface area contributed by atoms with Crippen molar-refractivity contribution in [2.24, 2.45) is 0 Å². The van der Waals surface area contributed by atoms with Crippen molar-refractivity contribution in [1.82, 2.24) is 0 Å². The Hall–Kier alpha value is 0.251. The van der Waals surface area contributed by atoms with Crippen LogP contribution in [0.25, 0.3) is 0 Å². The highest BCUT2D eigenvalue weighted by molar-refractivity contribution is 6.74. The molecular weight excluding hydrogens is 533 g/mol. The molecule has 0 saturated heterocycles. The van der Waals surface area contributed by atoms with Gasteiger partial charge in [-0.05, 0) is 51.4 Å². The molecule has 0 aliphatic heterocycles. The van der Waals surface area contributed by atoms with Crippen LogP contribution in [0, 0.1) is 0 Å². The van der Waals surface area contributed by atoms with Crippen molar-refractivity contribution < 1.29 is 43.6 Å². The SMILES string of the molecule is CCCO[Si](OCCC)(OCCC)O[Si](OCCC)(OCCC)O[Si](OCCC)(OCCC)OCCC. The van der Waals surface area contributed by atoms with Crippen LogP contribution in [-0.4, -0.2) is 80.0 Å². The van der Waals surface area contributed by atoms with Crippen LogP contribution in [-0.2, 0) is 43.6 Å². The minimum Gasteiger partial charge on any atom is -0.352 e. The van der Waals surface area contributed by atoms with E-state index in [9.17, 15) is 0 Å². The minimum absolute atomic E-state index is 0.343. The lowest BCUT2D eigenvalue weighted by Gasteiger charge is -2.39. The Morgan fingerprint density at radius 3 is 0.595 bits per heavy atom. The highest BCUT2D eigenvalue weighted by Crippen LogP contribution is 2.28. The number of hydrogen-bond acceptors (Lipinski definition) is 10.